The van der Waals surface area contributed by atoms with Crippen molar-refractivity contribution in [2.45, 2.75) is 5.66 Å². The molecule has 0 saturated carbocycles. The van der Waals surface area contributed by atoms with Gasteiger partial charge in [-0.25, -0.2) is 0 Å². The molecule has 0 radical (unpaired) electrons. The highest BCUT2D eigenvalue weighted by Crippen LogP contribution is 2.62. The van der Waals surface area contributed by atoms with E-state index in [4.69, 9.17) is 22.5 Å². The summed E-state index contributed by atoms with van der Waals surface area (Å²) >= 11 is 12.3. The van der Waals surface area contributed by atoms with Crippen LogP contribution in [-0.2, 0) is 0 Å². The third-order valence-corrected chi connectivity index (χ3v) is 4.58. The second-order valence-electron chi connectivity index (χ2n) is 3.48. The fourth-order valence-electron chi connectivity index (χ4n) is 1.69. The Hall–Kier alpha value is -0.550. The van der Waals surface area contributed by atoms with E-state index in [1.165, 1.54) is 11.1 Å². The van der Waals surface area contributed by atoms with Crippen molar-refractivity contribution in [2.75, 3.05) is 0 Å². The van der Waals surface area contributed by atoms with Gasteiger partial charge in [0.15, 0.2) is 0 Å². The third kappa shape index (κ3) is 2.77. The summed E-state index contributed by atoms with van der Waals surface area (Å²) in [7, 11) is 0. The summed E-state index contributed by atoms with van der Waals surface area (Å²) in [6.07, 6.45) is 0. The molecule has 16 heavy (non-hydrogen) atoms. The fraction of sp³-hybridized carbons (Fsp3) is 0.0769. The van der Waals surface area contributed by atoms with Gasteiger partial charge in [-0.3, -0.25) is 0 Å². The predicted octanol–water partition coefficient (Wildman–Crippen LogP) is 5.57. The minimum Gasteiger partial charge on any atom is -0.0771 e. The topological polar surface area (TPSA) is 0 Å². The fourth-order valence-corrected chi connectivity index (χ4v) is 3.84. The molecule has 0 spiro atoms. The Labute approximate surface area is 107 Å². The molecular formula is C13H11Cl2P. The van der Waals surface area contributed by atoms with Crippen LogP contribution >= 0.6 is 29.1 Å². The molecule has 0 fully saturated rings. The van der Waals surface area contributed by atoms with Gasteiger partial charge in [0.2, 0.25) is 0 Å². The molecule has 0 saturated heterocycles. The van der Waals surface area contributed by atoms with Crippen LogP contribution < -0.4 is 0 Å². The molecule has 0 nitrogen and oxygen atoms in total. The highest BCUT2D eigenvalue weighted by atomic mass is 35.9. The van der Waals surface area contributed by atoms with E-state index in [1.54, 1.807) is 0 Å². The van der Waals surface area contributed by atoms with Gasteiger partial charge < -0.3 is 0 Å². The summed E-state index contributed by atoms with van der Waals surface area (Å²) in [4.78, 5) is 0. The van der Waals surface area contributed by atoms with Crippen LogP contribution in [0, 0.1) is 0 Å². The molecule has 0 atom stereocenters. The summed E-state index contributed by atoms with van der Waals surface area (Å²) in [5, 5.41) is 0. The van der Waals surface area contributed by atoms with Gasteiger partial charge in [0.05, 0.1) is 12.3 Å². The molecule has 0 aliphatic carbocycles. The first-order valence-corrected chi connectivity index (χ1v) is 8.22. The molecule has 2 rings (SSSR count). The lowest BCUT2D eigenvalue weighted by Gasteiger charge is -2.18. The van der Waals surface area contributed by atoms with Crippen LogP contribution in [0.2, 0.25) is 0 Å². The molecule has 2 aromatic carbocycles. The quantitative estimate of drug-likeness (QED) is 0.639. The van der Waals surface area contributed by atoms with Gasteiger partial charge >= 0.3 is 0 Å². The number of halogens is 2. The Kier molecular flexibility index (Phi) is 4.23. The first-order chi connectivity index (χ1) is 7.79. The summed E-state index contributed by atoms with van der Waals surface area (Å²) < 4.78 is 0. The lowest BCUT2D eigenvalue weighted by atomic mass is 10.0. The maximum absolute atomic E-state index is 6.14. The Bertz CT molecular complexity index is 389. The van der Waals surface area contributed by atoms with E-state index in [9.17, 15) is 0 Å². The second-order valence-corrected chi connectivity index (χ2v) is 7.22. The van der Waals surface area contributed by atoms with E-state index in [0.717, 1.165) is 0 Å². The largest absolute Gasteiger partial charge is 0.0975 e. The molecule has 0 N–H and O–H groups in total. The van der Waals surface area contributed by atoms with Gasteiger partial charge in [-0.05, 0) is 11.1 Å². The molecule has 0 amide bonds. The van der Waals surface area contributed by atoms with Crippen molar-refractivity contribution in [1.29, 1.82) is 0 Å². The van der Waals surface area contributed by atoms with Crippen molar-refractivity contribution in [1.82, 2.24) is 0 Å². The lowest BCUT2D eigenvalue weighted by molar-refractivity contribution is 1.15. The smallest absolute Gasteiger partial charge is 0.0771 e. The SMILES string of the molecule is ClP(Cl)C(c1ccccc1)c1ccccc1. The Morgan fingerprint density at radius 3 is 1.38 bits per heavy atom. The minimum atomic E-state index is -1.07. The van der Waals surface area contributed by atoms with Gasteiger partial charge in [0, 0.05) is 0 Å². The monoisotopic (exact) mass is 268 g/mol. The molecular weight excluding hydrogens is 258 g/mol. The van der Waals surface area contributed by atoms with Crippen LogP contribution in [-0.4, -0.2) is 0 Å². The molecule has 0 bridgehead atoms. The van der Waals surface area contributed by atoms with Crippen molar-refractivity contribution < 1.29 is 0 Å². The van der Waals surface area contributed by atoms with Crippen LogP contribution in [0.3, 0.4) is 0 Å². The molecule has 82 valence electrons. The van der Waals surface area contributed by atoms with Crippen molar-refractivity contribution in [3.63, 3.8) is 0 Å². The Morgan fingerprint density at radius 1 is 0.688 bits per heavy atom. The molecule has 3 heteroatoms. The molecule has 2 aromatic rings. The first kappa shape index (κ1) is 11.9. The average molecular weight is 269 g/mol. The highest BCUT2D eigenvalue weighted by Gasteiger charge is 2.20. The second kappa shape index (κ2) is 5.68. The standard InChI is InChI=1S/C13H11Cl2P/c14-16(15)13(11-7-3-1-4-8-11)12-9-5-2-6-10-12/h1-10,13H. The van der Waals surface area contributed by atoms with Crippen LogP contribution in [0.15, 0.2) is 60.7 Å². The molecule has 0 aliphatic heterocycles. The summed E-state index contributed by atoms with van der Waals surface area (Å²) in [5.41, 5.74) is 2.44. The molecule has 0 unspecified atom stereocenters. The van der Waals surface area contributed by atoms with E-state index in [1.807, 2.05) is 36.4 Å². The molecule has 0 aliphatic rings. The van der Waals surface area contributed by atoms with E-state index in [0.29, 0.717) is 0 Å². The van der Waals surface area contributed by atoms with Gasteiger partial charge in [-0.1, -0.05) is 83.1 Å². The van der Waals surface area contributed by atoms with Gasteiger partial charge in [-0.15, -0.1) is 0 Å². The zero-order valence-corrected chi connectivity index (χ0v) is 11.0. The van der Waals surface area contributed by atoms with E-state index < -0.39 is 6.63 Å². The first-order valence-electron chi connectivity index (χ1n) is 4.99. The summed E-state index contributed by atoms with van der Waals surface area (Å²) in [6, 6.07) is 20.3. The van der Waals surface area contributed by atoms with Crippen molar-refractivity contribution in [2.24, 2.45) is 0 Å². The maximum Gasteiger partial charge on any atom is 0.0975 e. The number of hydrogen-bond donors (Lipinski definition) is 0. The Morgan fingerprint density at radius 2 is 1.06 bits per heavy atom. The zero-order valence-electron chi connectivity index (χ0n) is 8.55. The number of benzene rings is 2. The van der Waals surface area contributed by atoms with Crippen molar-refractivity contribution in [3.05, 3.63) is 71.8 Å². The van der Waals surface area contributed by atoms with Crippen LogP contribution in [0.5, 0.6) is 0 Å². The summed E-state index contributed by atoms with van der Waals surface area (Å²) in [6.45, 7) is -1.07. The average Bonchev–Trinajstić information content (AvgIpc) is 2.31. The Balaban J connectivity index is 2.40. The molecule has 0 heterocycles. The maximum atomic E-state index is 6.14. The van der Waals surface area contributed by atoms with Crippen molar-refractivity contribution >= 4 is 29.1 Å². The third-order valence-electron chi connectivity index (χ3n) is 2.43. The van der Waals surface area contributed by atoms with Gasteiger partial charge in [0.25, 0.3) is 0 Å². The number of hydrogen-bond acceptors (Lipinski definition) is 0. The van der Waals surface area contributed by atoms with E-state index >= 15 is 0 Å². The lowest BCUT2D eigenvalue weighted by Crippen LogP contribution is -1.94. The zero-order chi connectivity index (χ0) is 11.4. The van der Waals surface area contributed by atoms with E-state index in [-0.39, 0.29) is 5.66 Å². The molecule has 0 aromatic heterocycles. The highest BCUT2D eigenvalue weighted by molar-refractivity contribution is 8.04. The predicted molar refractivity (Wildman–Crippen MR) is 73.4 cm³/mol. The normalized spacial score (nSPS) is 11.0. The minimum absolute atomic E-state index is 0.0979. The van der Waals surface area contributed by atoms with Crippen LogP contribution in [0.25, 0.3) is 0 Å². The van der Waals surface area contributed by atoms with Gasteiger partial charge in [0.1, 0.15) is 0 Å². The summed E-state index contributed by atoms with van der Waals surface area (Å²) in [5.74, 6) is 0. The van der Waals surface area contributed by atoms with E-state index in [2.05, 4.69) is 24.3 Å². The van der Waals surface area contributed by atoms with Crippen molar-refractivity contribution in [3.8, 4) is 0 Å². The van der Waals surface area contributed by atoms with Crippen LogP contribution in [0.1, 0.15) is 16.8 Å². The van der Waals surface area contributed by atoms with Crippen LogP contribution in [0.4, 0.5) is 0 Å². The number of rotatable bonds is 3. The van der Waals surface area contributed by atoms with Gasteiger partial charge in [-0.2, -0.15) is 0 Å².